The van der Waals surface area contributed by atoms with Crippen LogP contribution in [0.3, 0.4) is 0 Å². The third-order valence-corrected chi connectivity index (χ3v) is 3.06. The molecule has 3 rings (SSSR count). The number of rotatable bonds is 1. The van der Waals surface area contributed by atoms with Gasteiger partial charge in [0.15, 0.2) is 0 Å². The smallest absolute Gasteiger partial charge is 0.239 e. The fraction of sp³-hybridized carbons (Fsp3) is 0.364. The van der Waals surface area contributed by atoms with Crippen LogP contribution in [0.1, 0.15) is 23.7 Å². The zero-order valence-corrected chi connectivity index (χ0v) is 8.87. The van der Waals surface area contributed by atoms with E-state index in [1.54, 1.807) is 0 Å². The number of fused-ring (bicyclic) bond motifs is 1. The van der Waals surface area contributed by atoms with Gasteiger partial charge in [0.05, 0.1) is 0 Å². The summed E-state index contributed by atoms with van der Waals surface area (Å²) in [5, 5.41) is 4.15. The molecule has 1 unspecified atom stereocenters. The molecule has 2 N–H and O–H groups in total. The Kier molecular flexibility index (Phi) is 2.09. The average molecular weight is 215 g/mol. The molecule has 0 radical (unpaired) electrons. The van der Waals surface area contributed by atoms with Crippen molar-refractivity contribution in [3.05, 3.63) is 35.9 Å². The van der Waals surface area contributed by atoms with Crippen molar-refractivity contribution in [1.82, 2.24) is 19.7 Å². The van der Waals surface area contributed by atoms with Crippen molar-refractivity contribution in [2.75, 3.05) is 5.73 Å². The van der Waals surface area contributed by atoms with Gasteiger partial charge < -0.3 is 5.73 Å². The number of hydrogen-bond donors (Lipinski definition) is 1. The molecule has 1 aliphatic heterocycles. The molecule has 5 nitrogen and oxygen atoms in total. The highest BCUT2D eigenvalue weighted by Crippen LogP contribution is 2.28. The van der Waals surface area contributed by atoms with Gasteiger partial charge in [-0.3, -0.25) is 4.98 Å². The minimum Gasteiger partial charge on any atom is -0.366 e. The minimum atomic E-state index is 0.380. The van der Waals surface area contributed by atoms with Gasteiger partial charge in [0.1, 0.15) is 5.82 Å². The molecule has 0 aromatic carbocycles. The Labute approximate surface area is 93.3 Å². The van der Waals surface area contributed by atoms with Crippen LogP contribution >= 0.6 is 0 Å². The summed E-state index contributed by atoms with van der Waals surface area (Å²) in [7, 11) is 0. The van der Waals surface area contributed by atoms with Crippen molar-refractivity contribution in [3.8, 4) is 0 Å². The SMILES string of the molecule is Nc1nc2n(n1)CCC(c1ccncc1)C2. The van der Waals surface area contributed by atoms with E-state index in [1.807, 2.05) is 17.1 Å². The van der Waals surface area contributed by atoms with Gasteiger partial charge in [-0.1, -0.05) is 0 Å². The number of aromatic nitrogens is 4. The van der Waals surface area contributed by atoms with E-state index in [-0.39, 0.29) is 0 Å². The highest BCUT2D eigenvalue weighted by atomic mass is 15.4. The Morgan fingerprint density at radius 3 is 2.94 bits per heavy atom. The van der Waals surface area contributed by atoms with Crippen molar-refractivity contribution >= 4 is 5.95 Å². The molecule has 0 bridgehead atoms. The lowest BCUT2D eigenvalue weighted by Gasteiger charge is -2.22. The number of nitrogens with two attached hydrogens (primary N) is 1. The van der Waals surface area contributed by atoms with Crippen LogP contribution in [0.25, 0.3) is 0 Å². The zero-order chi connectivity index (χ0) is 11.0. The zero-order valence-electron chi connectivity index (χ0n) is 8.87. The molecule has 1 atom stereocenters. The van der Waals surface area contributed by atoms with Crippen LogP contribution in [0.4, 0.5) is 5.95 Å². The number of pyridine rings is 1. The first-order chi connectivity index (χ1) is 7.83. The van der Waals surface area contributed by atoms with E-state index < -0.39 is 0 Å². The van der Waals surface area contributed by atoms with E-state index in [2.05, 4.69) is 27.2 Å². The van der Waals surface area contributed by atoms with Crippen LogP contribution < -0.4 is 5.73 Å². The Balaban J connectivity index is 1.88. The number of anilines is 1. The molecule has 0 aliphatic carbocycles. The summed E-state index contributed by atoms with van der Waals surface area (Å²) in [4.78, 5) is 8.28. The first kappa shape index (κ1) is 9.33. The number of hydrogen-bond acceptors (Lipinski definition) is 4. The average Bonchev–Trinajstić information content (AvgIpc) is 2.69. The lowest BCUT2D eigenvalue weighted by atomic mass is 9.91. The summed E-state index contributed by atoms with van der Waals surface area (Å²) >= 11 is 0. The molecule has 82 valence electrons. The second-order valence-electron chi connectivity index (χ2n) is 4.08. The predicted octanol–water partition coefficient (Wildman–Crippen LogP) is 0.985. The molecule has 5 heteroatoms. The third kappa shape index (κ3) is 1.54. The molecule has 0 fully saturated rings. The number of aryl methyl sites for hydroxylation is 1. The molecule has 0 amide bonds. The highest BCUT2D eigenvalue weighted by Gasteiger charge is 2.22. The Bertz CT molecular complexity index is 490. The van der Waals surface area contributed by atoms with Crippen molar-refractivity contribution in [3.63, 3.8) is 0 Å². The van der Waals surface area contributed by atoms with Crippen LogP contribution in [0, 0.1) is 0 Å². The van der Waals surface area contributed by atoms with Gasteiger partial charge in [0.25, 0.3) is 0 Å². The summed E-state index contributed by atoms with van der Waals surface area (Å²) in [6.07, 6.45) is 5.67. The van der Waals surface area contributed by atoms with E-state index in [0.29, 0.717) is 11.9 Å². The van der Waals surface area contributed by atoms with Gasteiger partial charge >= 0.3 is 0 Å². The van der Waals surface area contributed by atoms with Gasteiger partial charge in [-0.2, -0.15) is 4.98 Å². The fourth-order valence-corrected chi connectivity index (χ4v) is 2.24. The number of nitrogens with zero attached hydrogens (tertiary/aromatic N) is 4. The van der Waals surface area contributed by atoms with Crippen molar-refractivity contribution in [2.45, 2.75) is 25.3 Å². The number of nitrogen functional groups attached to an aromatic ring is 1. The second kappa shape index (κ2) is 3.59. The molecule has 1 aliphatic rings. The van der Waals surface area contributed by atoms with Gasteiger partial charge in [-0.05, 0) is 30.0 Å². The van der Waals surface area contributed by atoms with E-state index in [4.69, 9.17) is 5.73 Å². The largest absolute Gasteiger partial charge is 0.366 e. The normalized spacial score (nSPS) is 19.4. The lowest BCUT2D eigenvalue weighted by Crippen LogP contribution is -2.19. The lowest BCUT2D eigenvalue weighted by molar-refractivity contribution is 0.434. The summed E-state index contributed by atoms with van der Waals surface area (Å²) < 4.78 is 1.91. The van der Waals surface area contributed by atoms with Crippen LogP contribution in [0.5, 0.6) is 0 Å². The molecule has 3 heterocycles. The van der Waals surface area contributed by atoms with E-state index in [0.717, 1.165) is 25.2 Å². The molecule has 2 aromatic heterocycles. The van der Waals surface area contributed by atoms with E-state index >= 15 is 0 Å². The molecule has 0 spiro atoms. The Morgan fingerprint density at radius 1 is 1.31 bits per heavy atom. The maximum Gasteiger partial charge on any atom is 0.239 e. The van der Waals surface area contributed by atoms with Gasteiger partial charge in [-0.25, -0.2) is 4.68 Å². The first-order valence-corrected chi connectivity index (χ1v) is 5.42. The summed E-state index contributed by atoms with van der Waals surface area (Å²) in [5.74, 6) is 1.88. The summed E-state index contributed by atoms with van der Waals surface area (Å²) in [5.41, 5.74) is 6.91. The third-order valence-electron chi connectivity index (χ3n) is 3.06. The summed E-state index contributed by atoms with van der Waals surface area (Å²) in [6.45, 7) is 0.895. The van der Waals surface area contributed by atoms with Gasteiger partial charge in [-0.15, -0.1) is 5.10 Å². The maximum absolute atomic E-state index is 5.59. The second-order valence-corrected chi connectivity index (χ2v) is 4.08. The van der Waals surface area contributed by atoms with Crippen LogP contribution in [0.2, 0.25) is 0 Å². The van der Waals surface area contributed by atoms with E-state index in [9.17, 15) is 0 Å². The summed E-state index contributed by atoms with van der Waals surface area (Å²) in [6, 6.07) is 4.14. The maximum atomic E-state index is 5.59. The topological polar surface area (TPSA) is 69.6 Å². The van der Waals surface area contributed by atoms with Crippen molar-refractivity contribution < 1.29 is 0 Å². The molecule has 0 saturated carbocycles. The highest BCUT2D eigenvalue weighted by molar-refractivity contribution is 5.21. The molecule has 2 aromatic rings. The monoisotopic (exact) mass is 215 g/mol. The molecule has 16 heavy (non-hydrogen) atoms. The molecular formula is C11H13N5. The fourth-order valence-electron chi connectivity index (χ4n) is 2.24. The quantitative estimate of drug-likeness (QED) is 0.770. The van der Waals surface area contributed by atoms with Crippen LogP contribution in [-0.2, 0) is 13.0 Å². The minimum absolute atomic E-state index is 0.380. The molecule has 0 saturated heterocycles. The predicted molar refractivity (Wildman–Crippen MR) is 59.7 cm³/mol. The van der Waals surface area contributed by atoms with Gasteiger partial charge in [0.2, 0.25) is 5.95 Å². The van der Waals surface area contributed by atoms with Crippen molar-refractivity contribution in [2.24, 2.45) is 0 Å². The standard InChI is InChI=1S/C11H13N5/c12-11-14-10-7-9(3-6-16(10)15-11)8-1-4-13-5-2-8/h1-2,4-5,9H,3,6-7H2,(H2,12,15). The van der Waals surface area contributed by atoms with Crippen molar-refractivity contribution in [1.29, 1.82) is 0 Å². The Morgan fingerprint density at radius 2 is 2.12 bits per heavy atom. The molecular weight excluding hydrogens is 202 g/mol. The first-order valence-electron chi connectivity index (χ1n) is 5.42. The van der Waals surface area contributed by atoms with Crippen LogP contribution in [0.15, 0.2) is 24.5 Å². The van der Waals surface area contributed by atoms with E-state index in [1.165, 1.54) is 5.56 Å². The Hall–Kier alpha value is -1.91. The van der Waals surface area contributed by atoms with Crippen LogP contribution in [-0.4, -0.2) is 19.7 Å². The van der Waals surface area contributed by atoms with Gasteiger partial charge in [0, 0.05) is 25.4 Å².